The van der Waals surface area contributed by atoms with Crippen molar-refractivity contribution in [3.63, 3.8) is 0 Å². The fourth-order valence-electron chi connectivity index (χ4n) is 2.98. The highest BCUT2D eigenvalue weighted by atomic mass is 35.5. The first-order valence-corrected chi connectivity index (χ1v) is 10.9. The Morgan fingerprint density at radius 2 is 1.71 bits per heavy atom. The molecule has 1 amide bonds. The van der Waals surface area contributed by atoms with E-state index in [1.807, 2.05) is 18.4 Å². The maximum absolute atomic E-state index is 13.9. The van der Waals surface area contributed by atoms with Gasteiger partial charge in [-0.05, 0) is 53.8 Å². The SMILES string of the molecule is CSc1ccc(C(NC(=O)c2ccc(C(F)(F)F)c(F)c2)c2cccc(Cl)c2Cl)cc1. The number of carbonyl (C=O) groups is 1. The topological polar surface area (TPSA) is 29.1 Å². The number of amides is 1. The molecule has 3 aromatic rings. The minimum atomic E-state index is -4.85. The molecule has 3 rings (SSSR count). The van der Waals surface area contributed by atoms with Gasteiger partial charge in [0, 0.05) is 10.5 Å². The smallest absolute Gasteiger partial charge is 0.341 e. The van der Waals surface area contributed by atoms with Gasteiger partial charge in [0.1, 0.15) is 5.82 Å². The van der Waals surface area contributed by atoms with E-state index in [0.29, 0.717) is 23.3 Å². The molecule has 0 spiro atoms. The van der Waals surface area contributed by atoms with Gasteiger partial charge in [-0.15, -0.1) is 11.8 Å². The van der Waals surface area contributed by atoms with Gasteiger partial charge in [-0.3, -0.25) is 4.79 Å². The van der Waals surface area contributed by atoms with Gasteiger partial charge in [0.15, 0.2) is 0 Å². The van der Waals surface area contributed by atoms with Crippen LogP contribution in [-0.2, 0) is 6.18 Å². The largest absolute Gasteiger partial charge is 0.419 e. The zero-order valence-electron chi connectivity index (χ0n) is 15.9. The molecule has 0 heterocycles. The van der Waals surface area contributed by atoms with Crippen LogP contribution >= 0.6 is 35.0 Å². The number of halogens is 6. The number of rotatable bonds is 5. The van der Waals surface area contributed by atoms with Crippen LogP contribution < -0.4 is 5.32 Å². The number of thioether (sulfide) groups is 1. The summed E-state index contributed by atoms with van der Waals surface area (Å²) in [5.41, 5.74) is -0.532. The fraction of sp³-hybridized carbons (Fsp3) is 0.136. The monoisotopic (exact) mass is 487 g/mol. The number of hydrogen-bond acceptors (Lipinski definition) is 2. The van der Waals surface area contributed by atoms with Crippen molar-refractivity contribution in [1.82, 2.24) is 5.32 Å². The van der Waals surface area contributed by atoms with Gasteiger partial charge in [0.25, 0.3) is 5.91 Å². The summed E-state index contributed by atoms with van der Waals surface area (Å²) in [7, 11) is 0. The second-order valence-corrected chi connectivity index (χ2v) is 8.18. The third-order valence-electron chi connectivity index (χ3n) is 4.55. The molecule has 0 saturated carbocycles. The molecule has 0 aromatic heterocycles. The van der Waals surface area contributed by atoms with Crippen LogP contribution in [-0.4, -0.2) is 12.2 Å². The van der Waals surface area contributed by atoms with Crippen molar-refractivity contribution >= 4 is 40.9 Å². The third kappa shape index (κ3) is 5.34. The first kappa shape index (κ1) is 23.4. The molecular formula is C22H15Cl2F4NOS. The molecule has 0 saturated heterocycles. The Hall–Kier alpha value is -2.22. The predicted molar refractivity (Wildman–Crippen MR) is 115 cm³/mol. The van der Waals surface area contributed by atoms with E-state index in [4.69, 9.17) is 23.2 Å². The Morgan fingerprint density at radius 1 is 1.03 bits per heavy atom. The normalized spacial score (nSPS) is 12.5. The Bertz CT molecular complexity index is 1100. The van der Waals surface area contributed by atoms with E-state index in [1.54, 1.807) is 30.3 Å². The number of carbonyl (C=O) groups excluding carboxylic acids is 1. The Morgan fingerprint density at radius 3 is 2.29 bits per heavy atom. The number of alkyl halides is 3. The summed E-state index contributed by atoms with van der Waals surface area (Å²) in [6.07, 6.45) is -2.93. The molecule has 0 aliphatic carbocycles. The zero-order valence-corrected chi connectivity index (χ0v) is 18.3. The lowest BCUT2D eigenvalue weighted by Crippen LogP contribution is -2.30. The van der Waals surface area contributed by atoms with Gasteiger partial charge in [-0.25, -0.2) is 4.39 Å². The Balaban J connectivity index is 1.99. The summed E-state index contributed by atoms with van der Waals surface area (Å²) in [5.74, 6) is -2.29. The molecule has 3 aromatic carbocycles. The first-order chi connectivity index (χ1) is 14.6. The van der Waals surface area contributed by atoms with Crippen LogP contribution in [0.4, 0.5) is 17.6 Å². The second-order valence-electron chi connectivity index (χ2n) is 6.52. The van der Waals surface area contributed by atoms with Gasteiger partial charge in [-0.1, -0.05) is 47.5 Å². The van der Waals surface area contributed by atoms with Crippen molar-refractivity contribution in [2.45, 2.75) is 17.1 Å². The predicted octanol–water partition coefficient (Wildman–Crippen LogP) is 7.39. The van der Waals surface area contributed by atoms with E-state index in [1.165, 1.54) is 11.8 Å². The van der Waals surface area contributed by atoms with Crippen LogP contribution in [0, 0.1) is 5.82 Å². The summed E-state index contributed by atoms with van der Waals surface area (Å²) in [4.78, 5) is 13.8. The molecule has 1 unspecified atom stereocenters. The summed E-state index contributed by atoms with van der Waals surface area (Å²) >= 11 is 14.0. The molecule has 0 bridgehead atoms. The molecular weight excluding hydrogens is 473 g/mol. The lowest BCUT2D eigenvalue weighted by atomic mass is 9.98. The summed E-state index contributed by atoms with van der Waals surface area (Å²) in [5, 5.41) is 3.22. The molecule has 0 fully saturated rings. The van der Waals surface area contributed by atoms with Gasteiger partial charge < -0.3 is 5.32 Å². The lowest BCUT2D eigenvalue weighted by Gasteiger charge is -2.22. The van der Waals surface area contributed by atoms with E-state index in [0.717, 1.165) is 11.0 Å². The van der Waals surface area contributed by atoms with Gasteiger partial charge in [0.2, 0.25) is 0 Å². The van der Waals surface area contributed by atoms with Crippen LogP contribution in [0.5, 0.6) is 0 Å². The third-order valence-corrected chi connectivity index (χ3v) is 6.13. The molecule has 162 valence electrons. The highest BCUT2D eigenvalue weighted by Gasteiger charge is 2.34. The summed E-state index contributed by atoms with van der Waals surface area (Å²) in [6.45, 7) is 0. The van der Waals surface area contributed by atoms with Crippen molar-refractivity contribution in [1.29, 1.82) is 0 Å². The molecule has 1 atom stereocenters. The summed E-state index contributed by atoms with van der Waals surface area (Å²) < 4.78 is 52.4. The zero-order chi connectivity index (χ0) is 22.8. The molecule has 2 nitrogen and oxygen atoms in total. The summed E-state index contributed by atoms with van der Waals surface area (Å²) in [6, 6.07) is 13.5. The van der Waals surface area contributed by atoms with E-state index in [-0.39, 0.29) is 15.6 Å². The first-order valence-electron chi connectivity index (χ1n) is 8.87. The molecule has 0 aliphatic rings. The highest BCUT2D eigenvalue weighted by Crippen LogP contribution is 2.35. The molecule has 0 radical (unpaired) electrons. The molecule has 0 aliphatic heterocycles. The molecule has 31 heavy (non-hydrogen) atoms. The average molecular weight is 488 g/mol. The number of benzene rings is 3. The van der Waals surface area contributed by atoms with Gasteiger partial charge in [-0.2, -0.15) is 13.2 Å². The van der Waals surface area contributed by atoms with Crippen LogP contribution in [0.3, 0.4) is 0 Å². The van der Waals surface area contributed by atoms with Crippen molar-refractivity contribution in [2.75, 3.05) is 6.26 Å². The maximum atomic E-state index is 13.9. The average Bonchev–Trinajstić information content (AvgIpc) is 2.73. The standard InChI is InChI=1S/C22H15Cl2F4NOS/c1-31-14-8-5-12(6-9-14)20(15-3-2-4-17(23)19(15)24)29-21(30)13-7-10-16(18(25)11-13)22(26,27)28/h2-11,20H,1H3,(H,29,30). The van der Waals surface area contributed by atoms with E-state index in [9.17, 15) is 22.4 Å². The fourth-order valence-corrected chi connectivity index (χ4v) is 3.81. The van der Waals surface area contributed by atoms with Gasteiger partial charge in [0.05, 0.1) is 21.7 Å². The van der Waals surface area contributed by atoms with E-state index >= 15 is 0 Å². The number of nitrogens with one attached hydrogen (secondary N) is 1. The molecule has 9 heteroatoms. The Labute approximate surface area is 190 Å². The van der Waals surface area contributed by atoms with Crippen LogP contribution in [0.1, 0.15) is 33.1 Å². The quantitative estimate of drug-likeness (QED) is 0.300. The van der Waals surface area contributed by atoms with Gasteiger partial charge >= 0.3 is 6.18 Å². The maximum Gasteiger partial charge on any atom is 0.419 e. The molecule has 1 N–H and O–H groups in total. The van der Waals surface area contributed by atoms with Crippen LogP contribution in [0.15, 0.2) is 65.6 Å². The van der Waals surface area contributed by atoms with Crippen LogP contribution in [0.25, 0.3) is 0 Å². The Kier molecular flexibility index (Phi) is 7.19. The van der Waals surface area contributed by atoms with Crippen LogP contribution in [0.2, 0.25) is 10.0 Å². The minimum Gasteiger partial charge on any atom is -0.341 e. The highest BCUT2D eigenvalue weighted by molar-refractivity contribution is 7.98. The minimum absolute atomic E-state index is 0.224. The van der Waals surface area contributed by atoms with Crippen molar-refractivity contribution in [3.05, 3.63) is 98.8 Å². The van der Waals surface area contributed by atoms with E-state index in [2.05, 4.69) is 5.32 Å². The van der Waals surface area contributed by atoms with Crippen molar-refractivity contribution in [2.24, 2.45) is 0 Å². The number of hydrogen-bond donors (Lipinski definition) is 1. The second kappa shape index (κ2) is 9.51. The van der Waals surface area contributed by atoms with Crippen molar-refractivity contribution < 1.29 is 22.4 Å². The van der Waals surface area contributed by atoms with E-state index < -0.39 is 29.5 Å². The lowest BCUT2D eigenvalue weighted by molar-refractivity contribution is -0.140. The van der Waals surface area contributed by atoms with Crippen molar-refractivity contribution in [3.8, 4) is 0 Å².